The van der Waals surface area contributed by atoms with Crippen molar-refractivity contribution in [3.05, 3.63) is 29.3 Å². The van der Waals surface area contributed by atoms with E-state index < -0.39 is 5.60 Å². The number of benzene rings is 1. The summed E-state index contributed by atoms with van der Waals surface area (Å²) in [6, 6.07) is 8.56. The number of rotatable bonds is 4. The first-order valence-corrected chi connectivity index (χ1v) is 9.27. The molecule has 2 aromatic rings. The quantitative estimate of drug-likeness (QED) is 0.937. The van der Waals surface area contributed by atoms with Gasteiger partial charge in [0.05, 0.1) is 20.8 Å². The van der Waals surface area contributed by atoms with Gasteiger partial charge in [-0.15, -0.1) is 11.3 Å². The second kappa shape index (κ2) is 5.56. The van der Waals surface area contributed by atoms with E-state index in [2.05, 4.69) is 22.9 Å². The molecular weight excluding hydrogens is 308 g/mol. The van der Waals surface area contributed by atoms with E-state index in [9.17, 15) is 9.90 Å². The molecule has 2 aliphatic heterocycles. The Morgan fingerprint density at radius 2 is 2.17 bits per heavy atom. The van der Waals surface area contributed by atoms with Crippen LogP contribution >= 0.6 is 11.3 Å². The maximum absolute atomic E-state index is 12.7. The third kappa shape index (κ3) is 2.66. The number of carbonyl (C=O) groups excluding carboxylic acids is 1. The number of para-hydroxylation sites is 1. The molecule has 1 N–H and O–H groups in total. The van der Waals surface area contributed by atoms with Gasteiger partial charge in [0.1, 0.15) is 0 Å². The normalized spacial score (nSPS) is 29.6. The third-order valence-corrected chi connectivity index (χ3v) is 6.38. The Morgan fingerprint density at radius 3 is 2.91 bits per heavy atom. The molecule has 1 aromatic heterocycles. The van der Waals surface area contributed by atoms with Gasteiger partial charge in [0.25, 0.3) is 0 Å². The van der Waals surface area contributed by atoms with Crippen LogP contribution in [0, 0.1) is 0 Å². The van der Waals surface area contributed by atoms with E-state index in [4.69, 9.17) is 0 Å². The fourth-order valence-electron chi connectivity index (χ4n) is 4.13. The van der Waals surface area contributed by atoms with Crippen LogP contribution in [0.2, 0.25) is 0 Å². The first-order valence-electron chi connectivity index (χ1n) is 8.46. The average molecular weight is 330 g/mol. The highest BCUT2D eigenvalue weighted by Crippen LogP contribution is 2.47. The van der Waals surface area contributed by atoms with Crippen LogP contribution in [0.1, 0.15) is 44.0 Å². The van der Waals surface area contributed by atoms with Crippen molar-refractivity contribution < 1.29 is 9.90 Å². The summed E-state index contributed by atoms with van der Waals surface area (Å²) in [6.45, 7) is 2.10. The van der Waals surface area contributed by atoms with E-state index in [1.165, 1.54) is 4.70 Å². The summed E-state index contributed by atoms with van der Waals surface area (Å²) in [5.74, 6) is 0.225. The Labute approximate surface area is 140 Å². The molecule has 4 nitrogen and oxygen atoms in total. The SMILES string of the molecule is CCC1CC2(O)CC(C2)N1C(=O)CCc1nc2ccccc2s1. The molecule has 5 heteroatoms. The van der Waals surface area contributed by atoms with E-state index >= 15 is 0 Å². The van der Waals surface area contributed by atoms with Crippen LogP contribution in [-0.2, 0) is 11.2 Å². The summed E-state index contributed by atoms with van der Waals surface area (Å²) in [7, 11) is 0. The lowest BCUT2D eigenvalue weighted by molar-refractivity contribution is -0.178. The number of thiazole rings is 1. The highest BCUT2D eigenvalue weighted by Gasteiger charge is 2.54. The van der Waals surface area contributed by atoms with Crippen molar-refractivity contribution in [1.29, 1.82) is 0 Å². The molecule has 122 valence electrons. The molecule has 3 heterocycles. The zero-order chi connectivity index (χ0) is 16.0. The summed E-state index contributed by atoms with van der Waals surface area (Å²) in [6.07, 6.45) is 4.42. The minimum absolute atomic E-state index is 0.204. The van der Waals surface area contributed by atoms with Gasteiger partial charge in [-0.3, -0.25) is 4.79 Å². The number of hydrogen-bond acceptors (Lipinski definition) is 4. The first-order chi connectivity index (χ1) is 11.1. The smallest absolute Gasteiger partial charge is 0.223 e. The molecule has 1 aromatic carbocycles. The van der Waals surface area contributed by atoms with Gasteiger partial charge in [-0.25, -0.2) is 4.98 Å². The number of carbonyl (C=O) groups is 1. The molecule has 0 radical (unpaired) electrons. The van der Waals surface area contributed by atoms with Crippen LogP contribution < -0.4 is 0 Å². The van der Waals surface area contributed by atoms with Crippen LogP contribution in [0.25, 0.3) is 10.2 Å². The number of aliphatic hydroxyl groups is 1. The minimum atomic E-state index is -0.491. The van der Waals surface area contributed by atoms with Gasteiger partial charge in [0, 0.05) is 24.9 Å². The van der Waals surface area contributed by atoms with Gasteiger partial charge >= 0.3 is 0 Å². The lowest BCUT2D eigenvalue weighted by atomic mass is 9.66. The van der Waals surface area contributed by atoms with Gasteiger partial charge < -0.3 is 10.0 Å². The van der Waals surface area contributed by atoms with Crippen molar-refractivity contribution in [1.82, 2.24) is 9.88 Å². The molecule has 2 saturated heterocycles. The zero-order valence-electron chi connectivity index (χ0n) is 13.4. The molecule has 1 amide bonds. The summed E-state index contributed by atoms with van der Waals surface area (Å²) in [5.41, 5.74) is 0.531. The number of hydrogen-bond donors (Lipinski definition) is 1. The highest BCUT2D eigenvalue weighted by atomic mass is 32.1. The molecule has 0 spiro atoms. The molecule has 1 aliphatic carbocycles. The topological polar surface area (TPSA) is 53.4 Å². The average Bonchev–Trinajstić information content (AvgIpc) is 2.94. The monoisotopic (exact) mass is 330 g/mol. The van der Waals surface area contributed by atoms with Gasteiger partial charge in [-0.05, 0) is 37.8 Å². The largest absolute Gasteiger partial charge is 0.390 e. The molecule has 1 saturated carbocycles. The number of aryl methyl sites for hydroxylation is 1. The second-order valence-corrected chi connectivity index (χ2v) is 8.04. The van der Waals surface area contributed by atoms with Gasteiger partial charge in [-0.2, -0.15) is 0 Å². The fraction of sp³-hybridized carbons (Fsp3) is 0.556. The summed E-state index contributed by atoms with van der Waals surface area (Å²) < 4.78 is 1.18. The molecule has 5 rings (SSSR count). The number of aromatic nitrogens is 1. The number of piperidine rings is 2. The maximum atomic E-state index is 12.7. The number of fused-ring (bicyclic) bond motifs is 3. The van der Waals surface area contributed by atoms with Gasteiger partial charge in [0.15, 0.2) is 0 Å². The van der Waals surface area contributed by atoms with Gasteiger partial charge in [0.2, 0.25) is 5.91 Å². The van der Waals surface area contributed by atoms with Crippen LogP contribution in [-0.4, -0.2) is 38.6 Å². The van der Waals surface area contributed by atoms with Crippen LogP contribution in [0.5, 0.6) is 0 Å². The third-order valence-electron chi connectivity index (χ3n) is 5.28. The molecule has 2 bridgehead atoms. The Hall–Kier alpha value is -1.46. The van der Waals surface area contributed by atoms with E-state index in [1.807, 2.05) is 18.2 Å². The number of nitrogens with zero attached hydrogens (tertiary/aromatic N) is 2. The predicted octanol–water partition coefficient (Wildman–Crippen LogP) is 3.13. The van der Waals surface area contributed by atoms with Crippen LogP contribution in [0.15, 0.2) is 24.3 Å². The van der Waals surface area contributed by atoms with E-state index in [0.717, 1.165) is 36.2 Å². The van der Waals surface area contributed by atoms with E-state index in [1.54, 1.807) is 11.3 Å². The number of amides is 1. The fourth-order valence-corrected chi connectivity index (χ4v) is 5.10. The predicted molar refractivity (Wildman–Crippen MR) is 91.5 cm³/mol. The summed E-state index contributed by atoms with van der Waals surface area (Å²) in [5, 5.41) is 11.3. The second-order valence-electron chi connectivity index (χ2n) is 6.93. The van der Waals surface area contributed by atoms with Crippen molar-refractivity contribution in [2.24, 2.45) is 0 Å². The van der Waals surface area contributed by atoms with Crippen LogP contribution in [0.3, 0.4) is 0 Å². The molecule has 1 atom stereocenters. The lowest BCUT2D eigenvalue weighted by Crippen LogP contribution is -2.67. The molecular formula is C18H22N2O2S. The Kier molecular flexibility index (Phi) is 3.65. The van der Waals surface area contributed by atoms with Crippen molar-refractivity contribution >= 4 is 27.5 Å². The minimum Gasteiger partial charge on any atom is -0.390 e. The van der Waals surface area contributed by atoms with Crippen molar-refractivity contribution in [2.45, 2.75) is 63.1 Å². The Balaban J connectivity index is 1.43. The molecule has 23 heavy (non-hydrogen) atoms. The van der Waals surface area contributed by atoms with E-state index in [0.29, 0.717) is 12.8 Å². The zero-order valence-corrected chi connectivity index (χ0v) is 14.2. The van der Waals surface area contributed by atoms with E-state index in [-0.39, 0.29) is 18.0 Å². The van der Waals surface area contributed by atoms with Crippen molar-refractivity contribution in [3.8, 4) is 0 Å². The maximum Gasteiger partial charge on any atom is 0.223 e. The molecule has 3 aliphatic rings. The van der Waals surface area contributed by atoms with Crippen LogP contribution in [0.4, 0.5) is 0 Å². The Bertz CT molecular complexity index is 702. The standard InChI is InChI=1S/C18H22N2O2S/c1-2-12-9-18(22)10-13(11-18)20(12)17(21)8-7-16-19-14-5-3-4-6-15(14)23-16/h3-6,12-13,22H,2,7-11H2,1H3. The van der Waals surface area contributed by atoms with Gasteiger partial charge in [-0.1, -0.05) is 19.1 Å². The molecule has 1 unspecified atom stereocenters. The van der Waals surface area contributed by atoms with Crippen molar-refractivity contribution in [3.63, 3.8) is 0 Å². The molecule has 3 fully saturated rings. The Morgan fingerprint density at radius 1 is 1.39 bits per heavy atom. The lowest BCUT2D eigenvalue weighted by Gasteiger charge is -2.58. The highest BCUT2D eigenvalue weighted by molar-refractivity contribution is 7.18. The van der Waals surface area contributed by atoms with Crippen molar-refractivity contribution in [2.75, 3.05) is 0 Å². The summed E-state index contributed by atoms with van der Waals surface area (Å²) >= 11 is 1.68. The summed E-state index contributed by atoms with van der Waals surface area (Å²) in [4.78, 5) is 19.4. The first kappa shape index (κ1) is 15.1.